The van der Waals surface area contributed by atoms with Crippen molar-refractivity contribution >= 4 is 28.4 Å². The van der Waals surface area contributed by atoms with Gasteiger partial charge in [-0.3, -0.25) is 0 Å². The van der Waals surface area contributed by atoms with E-state index in [-0.39, 0.29) is 17.2 Å². The van der Waals surface area contributed by atoms with Gasteiger partial charge in [-0.1, -0.05) is 6.07 Å². The van der Waals surface area contributed by atoms with Crippen molar-refractivity contribution in [2.45, 2.75) is 19.3 Å². The molecule has 1 N–H and O–H groups in total. The number of fused-ring (bicyclic) bond motifs is 1. The number of hydrogen-bond donors (Lipinski definition) is 1. The molecule has 0 radical (unpaired) electrons. The van der Waals surface area contributed by atoms with Gasteiger partial charge in [-0.15, -0.1) is 0 Å². The third-order valence-electron chi connectivity index (χ3n) is 4.80. The van der Waals surface area contributed by atoms with Crippen LogP contribution in [0.3, 0.4) is 0 Å². The number of imidazole rings is 1. The molecule has 2 heterocycles. The predicted octanol–water partition coefficient (Wildman–Crippen LogP) is 4.90. The van der Waals surface area contributed by atoms with Crippen molar-refractivity contribution in [3.8, 4) is 6.07 Å². The van der Waals surface area contributed by atoms with Gasteiger partial charge in [0.05, 0.1) is 22.3 Å². The van der Waals surface area contributed by atoms with Crippen LogP contribution >= 0.6 is 0 Å². The van der Waals surface area contributed by atoms with Crippen LogP contribution in [0.1, 0.15) is 30.7 Å². The minimum Gasteiger partial charge on any atom is -0.369 e. The SMILES string of the molecule is N#C/C(=C/c1ccc(N2CCCCC2)c(F)c1)c1nc2ccc(F)cc2[nH]1. The number of nitrogens with zero attached hydrogens (tertiary/aromatic N) is 3. The van der Waals surface area contributed by atoms with Gasteiger partial charge in [0.25, 0.3) is 0 Å². The Bertz CT molecular complexity index is 1060. The summed E-state index contributed by atoms with van der Waals surface area (Å²) in [5.41, 5.74) is 2.52. The molecule has 6 heteroatoms. The van der Waals surface area contributed by atoms with E-state index in [1.165, 1.54) is 24.6 Å². The second kappa shape index (κ2) is 7.20. The molecule has 0 aliphatic carbocycles. The molecule has 4 nitrogen and oxygen atoms in total. The smallest absolute Gasteiger partial charge is 0.149 e. The van der Waals surface area contributed by atoms with Gasteiger partial charge >= 0.3 is 0 Å². The third kappa shape index (κ3) is 3.54. The van der Waals surface area contributed by atoms with Gasteiger partial charge in [0.2, 0.25) is 0 Å². The first-order valence-corrected chi connectivity index (χ1v) is 8.96. The largest absolute Gasteiger partial charge is 0.369 e. The first-order chi connectivity index (χ1) is 13.1. The summed E-state index contributed by atoms with van der Waals surface area (Å²) in [7, 11) is 0. The molecule has 27 heavy (non-hydrogen) atoms. The maximum absolute atomic E-state index is 14.6. The number of rotatable bonds is 3. The minimum absolute atomic E-state index is 0.261. The molecular formula is C21H18F2N4. The fourth-order valence-corrected chi connectivity index (χ4v) is 3.43. The maximum Gasteiger partial charge on any atom is 0.149 e. The number of halogens is 2. The summed E-state index contributed by atoms with van der Waals surface area (Å²) in [5.74, 6) is -0.344. The zero-order valence-corrected chi connectivity index (χ0v) is 14.7. The molecule has 1 aromatic heterocycles. The first kappa shape index (κ1) is 17.2. The monoisotopic (exact) mass is 364 g/mol. The van der Waals surface area contributed by atoms with Crippen LogP contribution in [0.25, 0.3) is 22.7 Å². The number of nitrogens with one attached hydrogen (secondary N) is 1. The molecule has 0 unspecified atom stereocenters. The molecule has 0 bridgehead atoms. The number of H-pyrrole nitrogens is 1. The molecule has 2 aromatic carbocycles. The first-order valence-electron chi connectivity index (χ1n) is 8.96. The normalized spacial score (nSPS) is 15.1. The molecule has 1 aliphatic heterocycles. The van der Waals surface area contributed by atoms with Gasteiger partial charge in [-0.05, 0) is 61.2 Å². The number of allylic oxidation sites excluding steroid dienone is 1. The van der Waals surface area contributed by atoms with E-state index < -0.39 is 0 Å². The average molecular weight is 364 g/mol. The standard InChI is InChI=1S/C21H18F2N4/c22-16-5-6-18-19(12-16)26-21(25-18)15(13-24)10-14-4-7-20(17(23)11-14)27-8-2-1-3-9-27/h4-7,10-12H,1-3,8-9H2,(H,25,26)/b15-10-. The Morgan fingerprint density at radius 3 is 2.67 bits per heavy atom. The molecule has 0 amide bonds. The Morgan fingerprint density at radius 2 is 1.93 bits per heavy atom. The summed E-state index contributed by atoms with van der Waals surface area (Å²) >= 11 is 0. The van der Waals surface area contributed by atoms with Crippen molar-refractivity contribution in [1.29, 1.82) is 5.26 Å². The molecule has 1 saturated heterocycles. The van der Waals surface area contributed by atoms with E-state index in [1.807, 2.05) is 0 Å². The van der Waals surface area contributed by atoms with Crippen LogP contribution in [0.15, 0.2) is 36.4 Å². The van der Waals surface area contributed by atoms with E-state index in [9.17, 15) is 14.0 Å². The number of anilines is 1. The Kier molecular flexibility index (Phi) is 4.59. The lowest BCUT2D eigenvalue weighted by molar-refractivity contribution is 0.557. The van der Waals surface area contributed by atoms with E-state index in [0.717, 1.165) is 25.9 Å². The topological polar surface area (TPSA) is 55.7 Å². The zero-order valence-electron chi connectivity index (χ0n) is 14.7. The average Bonchev–Trinajstić information content (AvgIpc) is 3.09. The van der Waals surface area contributed by atoms with Crippen molar-refractivity contribution in [2.75, 3.05) is 18.0 Å². The van der Waals surface area contributed by atoms with Crippen LogP contribution < -0.4 is 4.90 Å². The van der Waals surface area contributed by atoms with E-state index in [2.05, 4.69) is 20.9 Å². The Morgan fingerprint density at radius 1 is 1.11 bits per heavy atom. The lowest BCUT2D eigenvalue weighted by Gasteiger charge is -2.29. The fraction of sp³-hybridized carbons (Fsp3) is 0.238. The second-order valence-corrected chi connectivity index (χ2v) is 6.68. The fourth-order valence-electron chi connectivity index (χ4n) is 3.43. The maximum atomic E-state index is 14.6. The molecule has 136 valence electrons. The van der Waals surface area contributed by atoms with Crippen LogP contribution in [0, 0.1) is 23.0 Å². The van der Waals surface area contributed by atoms with Crippen LogP contribution in [0.4, 0.5) is 14.5 Å². The van der Waals surface area contributed by atoms with Gasteiger partial charge in [0, 0.05) is 13.1 Å². The lowest BCUT2D eigenvalue weighted by Crippen LogP contribution is -2.30. The minimum atomic E-state index is -0.379. The Hall–Kier alpha value is -3.20. The number of nitriles is 1. The van der Waals surface area contributed by atoms with E-state index in [0.29, 0.717) is 28.1 Å². The van der Waals surface area contributed by atoms with Crippen LogP contribution in [0.5, 0.6) is 0 Å². The van der Waals surface area contributed by atoms with Crippen molar-refractivity contribution in [3.63, 3.8) is 0 Å². The van der Waals surface area contributed by atoms with Gasteiger partial charge in [-0.2, -0.15) is 5.26 Å². The van der Waals surface area contributed by atoms with E-state index in [4.69, 9.17) is 0 Å². The third-order valence-corrected chi connectivity index (χ3v) is 4.80. The molecule has 0 atom stereocenters. The highest BCUT2D eigenvalue weighted by molar-refractivity contribution is 5.90. The predicted molar refractivity (Wildman–Crippen MR) is 102 cm³/mol. The molecule has 3 aromatic rings. The summed E-state index contributed by atoms with van der Waals surface area (Å²) in [6.07, 6.45) is 4.92. The second-order valence-electron chi connectivity index (χ2n) is 6.68. The van der Waals surface area contributed by atoms with Gasteiger partial charge in [0.15, 0.2) is 0 Å². The zero-order chi connectivity index (χ0) is 18.8. The molecule has 4 rings (SSSR count). The Balaban J connectivity index is 1.65. The lowest BCUT2D eigenvalue weighted by atomic mass is 10.1. The van der Waals surface area contributed by atoms with Crippen molar-refractivity contribution in [1.82, 2.24) is 9.97 Å². The molecule has 0 saturated carbocycles. The quantitative estimate of drug-likeness (QED) is 0.673. The summed E-state index contributed by atoms with van der Waals surface area (Å²) in [4.78, 5) is 9.32. The van der Waals surface area contributed by atoms with Crippen molar-refractivity contribution in [3.05, 3.63) is 59.4 Å². The number of piperidine rings is 1. The van der Waals surface area contributed by atoms with Gasteiger partial charge in [0.1, 0.15) is 23.5 Å². The van der Waals surface area contributed by atoms with E-state index >= 15 is 0 Å². The molecule has 0 spiro atoms. The highest BCUT2D eigenvalue weighted by atomic mass is 19.1. The molecular weight excluding hydrogens is 346 g/mol. The highest BCUT2D eigenvalue weighted by Crippen LogP contribution is 2.26. The van der Waals surface area contributed by atoms with Gasteiger partial charge in [-0.25, -0.2) is 13.8 Å². The summed E-state index contributed by atoms with van der Waals surface area (Å²) < 4.78 is 27.9. The molecule has 1 aliphatic rings. The number of benzene rings is 2. The van der Waals surface area contributed by atoms with Crippen molar-refractivity contribution in [2.24, 2.45) is 0 Å². The highest BCUT2D eigenvalue weighted by Gasteiger charge is 2.15. The van der Waals surface area contributed by atoms with Crippen molar-refractivity contribution < 1.29 is 8.78 Å². The van der Waals surface area contributed by atoms with Gasteiger partial charge < -0.3 is 9.88 Å². The van der Waals surface area contributed by atoms with E-state index in [1.54, 1.807) is 24.3 Å². The Labute approximate surface area is 155 Å². The number of aromatic amines is 1. The number of aromatic nitrogens is 2. The summed E-state index contributed by atoms with van der Waals surface area (Å²) in [5, 5.41) is 9.49. The number of hydrogen-bond acceptors (Lipinski definition) is 3. The van der Waals surface area contributed by atoms with Crippen LogP contribution in [0.2, 0.25) is 0 Å². The molecule has 1 fully saturated rings. The summed E-state index contributed by atoms with van der Waals surface area (Å²) in [6, 6.07) is 11.3. The van der Waals surface area contributed by atoms with Crippen LogP contribution in [-0.4, -0.2) is 23.1 Å². The summed E-state index contributed by atoms with van der Waals surface area (Å²) in [6.45, 7) is 1.73. The van der Waals surface area contributed by atoms with Crippen LogP contribution in [-0.2, 0) is 0 Å².